The number of hydrogen-bond donors (Lipinski definition) is 0. The third kappa shape index (κ3) is 4.10. The van der Waals surface area contributed by atoms with E-state index in [9.17, 15) is 12.8 Å². The van der Waals surface area contributed by atoms with Gasteiger partial charge in [-0.25, -0.2) is 27.2 Å². The summed E-state index contributed by atoms with van der Waals surface area (Å²) in [6, 6.07) is 13.5. The van der Waals surface area contributed by atoms with E-state index in [0.29, 0.717) is 29.1 Å². The lowest BCUT2D eigenvalue weighted by Crippen LogP contribution is -2.10. The molecule has 3 heterocycles. The number of nitrogens with zero attached hydrogens (tertiary/aromatic N) is 4. The van der Waals surface area contributed by atoms with Crippen LogP contribution in [0.15, 0.2) is 77.0 Å². The molecule has 2 aromatic carbocycles. The van der Waals surface area contributed by atoms with Crippen molar-refractivity contribution in [3.05, 3.63) is 101 Å². The molecule has 34 heavy (non-hydrogen) atoms. The Morgan fingerprint density at radius 1 is 0.912 bits per heavy atom. The number of rotatable bonds is 6. The van der Waals surface area contributed by atoms with Gasteiger partial charge in [0, 0.05) is 41.9 Å². The number of fused-ring (bicyclic) bond motifs is 1. The number of benzene rings is 2. The van der Waals surface area contributed by atoms with E-state index in [4.69, 9.17) is 0 Å². The molecule has 0 radical (unpaired) electrons. The smallest absolute Gasteiger partial charge is 0.182 e. The van der Waals surface area contributed by atoms with Gasteiger partial charge in [0.2, 0.25) is 0 Å². The zero-order valence-corrected chi connectivity index (χ0v) is 18.6. The highest BCUT2D eigenvalue weighted by atomic mass is 32.2. The van der Waals surface area contributed by atoms with Crippen molar-refractivity contribution >= 4 is 21.7 Å². The molecular weight excluding hydrogens is 458 g/mol. The van der Waals surface area contributed by atoms with Gasteiger partial charge in [0.1, 0.15) is 29.3 Å². The SMILES string of the molecule is O=S(=O)(Cc1ccc(F)c(Cc2ncccc2-c2ncnc3c2N=CC3)c1F)c1ccccc1. The van der Waals surface area contributed by atoms with E-state index in [2.05, 4.69) is 19.9 Å². The minimum atomic E-state index is -3.81. The highest BCUT2D eigenvalue weighted by Crippen LogP contribution is 2.35. The van der Waals surface area contributed by atoms with Gasteiger partial charge in [0.15, 0.2) is 9.84 Å². The normalized spacial score (nSPS) is 12.6. The van der Waals surface area contributed by atoms with Gasteiger partial charge in [-0.1, -0.05) is 24.3 Å². The van der Waals surface area contributed by atoms with Crippen LogP contribution >= 0.6 is 0 Å². The maximum atomic E-state index is 15.4. The molecule has 1 aliphatic rings. The maximum absolute atomic E-state index is 15.4. The van der Waals surface area contributed by atoms with E-state index < -0.39 is 27.2 Å². The third-order valence-electron chi connectivity index (χ3n) is 5.61. The van der Waals surface area contributed by atoms with Crippen LogP contribution in [0.4, 0.5) is 14.5 Å². The molecule has 1 aliphatic heterocycles. The number of sulfone groups is 1. The molecule has 170 valence electrons. The summed E-state index contributed by atoms with van der Waals surface area (Å²) < 4.78 is 55.7. The van der Waals surface area contributed by atoms with Gasteiger partial charge in [-0.15, -0.1) is 0 Å². The monoisotopic (exact) mass is 476 g/mol. The van der Waals surface area contributed by atoms with Gasteiger partial charge in [-0.2, -0.15) is 0 Å². The van der Waals surface area contributed by atoms with Crippen LogP contribution in [0.5, 0.6) is 0 Å². The lowest BCUT2D eigenvalue weighted by molar-refractivity contribution is 0.550. The van der Waals surface area contributed by atoms with Crippen LogP contribution in [0.2, 0.25) is 0 Å². The molecule has 0 saturated carbocycles. The summed E-state index contributed by atoms with van der Waals surface area (Å²) in [6.07, 6.45) is 5.09. The van der Waals surface area contributed by atoms with Crippen LogP contribution in [0.25, 0.3) is 11.3 Å². The molecular formula is C25H18F2N4O2S. The van der Waals surface area contributed by atoms with E-state index in [1.807, 2.05) is 0 Å². The first-order valence-corrected chi connectivity index (χ1v) is 12.1. The van der Waals surface area contributed by atoms with Crippen molar-refractivity contribution < 1.29 is 17.2 Å². The highest BCUT2D eigenvalue weighted by Gasteiger charge is 2.23. The molecule has 6 nitrogen and oxygen atoms in total. The molecule has 9 heteroatoms. The van der Waals surface area contributed by atoms with Gasteiger partial charge in [0.05, 0.1) is 22.0 Å². The Hall–Kier alpha value is -3.85. The second-order valence-electron chi connectivity index (χ2n) is 7.78. The molecule has 4 aromatic rings. The van der Waals surface area contributed by atoms with Gasteiger partial charge >= 0.3 is 0 Å². The number of aromatic nitrogens is 3. The molecule has 2 aromatic heterocycles. The standard InChI is InChI=1S/C25H18F2N4O2S/c26-20-9-8-16(14-34(32,33)17-5-2-1-3-6-17)23(27)19(20)13-22-18(7-4-11-28-22)24-25-21(10-12-29-25)30-15-31-24/h1-9,11-12,15H,10,13-14H2. The molecule has 0 unspecified atom stereocenters. The minimum Gasteiger partial charge on any atom is -0.260 e. The molecule has 0 bridgehead atoms. The van der Waals surface area contributed by atoms with E-state index in [0.717, 1.165) is 11.8 Å². The van der Waals surface area contributed by atoms with Crippen molar-refractivity contribution in [2.45, 2.75) is 23.5 Å². The Balaban J connectivity index is 1.53. The van der Waals surface area contributed by atoms with Gasteiger partial charge < -0.3 is 0 Å². The number of pyridine rings is 1. The van der Waals surface area contributed by atoms with Crippen molar-refractivity contribution in [2.24, 2.45) is 4.99 Å². The predicted molar refractivity (Wildman–Crippen MR) is 124 cm³/mol. The van der Waals surface area contributed by atoms with Crippen LogP contribution in [0.3, 0.4) is 0 Å². The molecule has 0 spiro atoms. The average molecular weight is 477 g/mol. The van der Waals surface area contributed by atoms with Gasteiger partial charge in [0.25, 0.3) is 0 Å². The maximum Gasteiger partial charge on any atom is 0.182 e. The molecule has 0 fully saturated rings. The third-order valence-corrected chi connectivity index (χ3v) is 7.29. The molecule has 5 rings (SSSR count). The molecule has 0 amide bonds. The fraction of sp³-hybridized carbons (Fsp3) is 0.120. The Bertz CT molecular complexity index is 1520. The summed E-state index contributed by atoms with van der Waals surface area (Å²) in [5, 5.41) is 0. The largest absolute Gasteiger partial charge is 0.260 e. The lowest BCUT2D eigenvalue weighted by Gasteiger charge is -2.13. The number of halogens is 2. The Morgan fingerprint density at radius 2 is 1.74 bits per heavy atom. The van der Waals surface area contributed by atoms with Crippen LogP contribution in [0.1, 0.15) is 22.5 Å². The lowest BCUT2D eigenvalue weighted by atomic mass is 9.99. The fourth-order valence-corrected chi connectivity index (χ4v) is 5.29. The highest BCUT2D eigenvalue weighted by molar-refractivity contribution is 7.90. The molecule has 0 N–H and O–H groups in total. The van der Waals surface area contributed by atoms with Crippen LogP contribution in [-0.2, 0) is 28.4 Å². The average Bonchev–Trinajstić information content (AvgIpc) is 3.34. The van der Waals surface area contributed by atoms with Gasteiger partial charge in [-0.05, 0) is 30.3 Å². The van der Waals surface area contributed by atoms with Crippen molar-refractivity contribution in [1.82, 2.24) is 15.0 Å². The zero-order valence-electron chi connectivity index (χ0n) is 17.8. The first-order valence-electron chi connectivity index (χ1n) is 10.5. The summed E-state index contributed by atoms with van der Waals surface area (Å²) in [5.74, 6) is -2.26. The first kappa shape index (κ1) is 22.0. The van der Waals surface area contributed by atoms with Crippen LogP contribution < -0.4 is 0 Å². The summed E-state index contributed by atoms with van der Waals surface area (Å²) in [7, 11) is -3.81. The molecule has 0 saturated heterocycles. The first-order chi connectivity index (χ1) is 16.4. The Morgan fingerprint density at radius 3 is 2.56 bits per heavy atom. The van der Waals surface area contributed by atoms with Gasteiger partial charge in [-0.3, -0.25) is 9.98 Å². The fourth-order valence-electron chi connectivity index (χ4n) is 3.92. The van der Waals surface area contributed by atoms with Crippen molar-refractivity contribution in [3.8, 4) is 11.3 Å². The summed E-state index contributed by atoms with van der Waals surface area (Å²) >= 11 is 0. The molecule has 0 aliphatic carbocycles. The quantitative estimate of drug-likeness (QED) is 0.405. The predicted octanol–water partition coefficient (Wildman–Crippen LogP) is 4.64. The summed E-state index contributed by atoms with van der Waals surface area (Å²) in [6.45, 7) is 0. The van der Waals surface area contributed by atoms with Crippen LogP contribution in [-0.4, -0.2) is 29.6 Å². The number of aliphatic imine (C=N–C) groups is 1. The van der Waals surface area contributed by atoms with Crippen molar-refractivity contribution in [2.75, 3.05) is 0 Å². The summed E-state index contributed by atoms with van der Waals surface area (Å²) in [4.78, 5) is 17.3. The molecule has 0 atom stereocenters. The van der Waals surface area contributed by atoms with E-state index in [-0.39, 0.29) is 22.4 Å². The topological polar surface area (TPSA) is 85.2 Å². The van der Waals surface area contributed by atoms with Crippen LogP contribution in [0, 0.1) is 11.6 Å². The zero-order chi connectivity index (χ0) is 23.7. The second kappa shape index (κ2) is 8.83. The second-order valence-corrected chi connectivity index (χ2v) is 9.77. The van der Waals surface area contributed by atoms with Crippen molar-refractivity contribution in [3.63, 3.8) is 0 Å². The Labute approximate surface area is 195 Å². The summed E-state index contributed by atoms with van der Waals surface area (Å²) in [5.41, 5.74) is 2.53. The van der Waals surface area contributed by atoms with E-state index in [1.165, 1.54) is 30.7 Å². The minimum absolute atomic E-state index is 0.0745. The van der Waals surface area contributed by atoms with E-state index >= 15 is 4.39 Å². The van der Waals surface area contributed by atoms with Crippen molar-refractivity contribution in [1.29, 1.82) is 0 Å². The van der Waals surface area contributed by atoms with E-state index in [1.54, 1.807) is 36.5 Å². The Kier molecular flexibility index (Phi) is 5.70. The number of hydrogen-bond acceptors (Lipinski definition) is 6.